The Kier molecular flexibility index (Phi) is 6.09. The van der Waals surface area contributed by atoms with Gasteiger partial charge >= 0.3 is 6.03 Å². The molecule has 0 aromatic carbocycles. The second-order valence-corrected chi connectivity index (χ2v) is 7.48. The Balaban J connectivity index is 1.76. The van der Waals surface area contributed by atoms with Crippen molar-refractivity contribution < 1.29 is 4.79 Å². The number of hydrogen-bond acceptors (Lipinski definition) is 5. The van der Waals surface area contributed by atoms with E-state index in [0.717, 1.165) is 42.9 Å². The molecule has 30 heavy (non-hydrogen) atoms. The summed E-state index contributed by atoms with van der Waals surface area (Å²) in [5, 5.41) is 3.48. The van der Waals surface area contributed by atoms with Gasteiger partial charge in [0.25, 0.3) is 0 Å². The van der Waals surface area contributed by atoms with Crippen LogP contribution in [0, 0.1) is 0 Å². The lowest BCUT2D eigenvalue weighted by atomic mass is 10.1. The zero-order valence-corrected chi connectivity index (χ0v) is 17.5. The second-order valence-electron chi connectivity index (χ2n) is 7.04. The van der Waals surface area contributed by atoms with Gasteiger partial charge in [-0.05, 0) is 50.1 Å². The van der Waals surface area contributed by atoms with Crippen molar-refractivity contribution >= 4 is 34.8 Å². The van der Waals surface area contributed by atoms with Crippen LogP contribution in [0.5, 0.6) is 0 Å². The predicted molar refractivity (Wildman–Crippen MR) is 120 cm³/mol. The van der Waals surface area contributed by atoms with Crippen molar-refractivity contribution in [1.29, 1.82) is 0 Å². The minimum Gasteiger partial charge on any atom is -0.369 e. The number of anilines is 3. The molecule has 1 aliphatic heterocycles. The zero-order valence-electron chi connectivity index (χ0n) is 16.8. The summed E-state index contributed by atoms with van der Waals surface area (Å²) in [5.41, 5.74) is 3.12. The number of halogens is 1. The summed E-state index contributed by atoms with van der Waals surface area (Å²) in [4.78, 5) is 30.3. The van der Waals surface area contributed by atoms with Crippen LogP contribution < -0.4 is 15.1 Å². The van der Waals surface area contributed by atoms with Crippen molar-refractivity contribution in [2.75, 3.05) is 34.8 Å². The summed E-state index contributed by atoms with van der Waals surface area (Å²) in [6.07, 6.45) is 8.51. The molecule has 0 bridgehead atoms. The number of hydrogen-bond donors (Lipinski definition) is 1. The molecule has 1 aliphatic rings. The molecule has 0 atom stereocenters. The van der Waals surface area contributed by atoms with Crippen molar-refractivity contribution in [2.24, 2.45) is 0 Å². The van der Waals surface area contributed by atoms with Gasteiger partial charge in [0.1, 0.15) is 0 Å². The number of urea groups is 1. The standard InChI is InChI=1S/C22H23ClN6O/c1-2-28-10-3-4-11-29(22(30)26-18-6-5-9-24-15-18)21-20(28)8-7-19(27-21)16-12-17(23)14-25-13-16/h5-9,12-15H,2-4,10-11H2,1H3,(H,26,30). The van der Waals surface area contributed by atoms with Crippen LogP contribution in [-0.2, 0) is 0 Å². The monoisotopic (exact) mass is 422 g/mol. The van der Waals surface area contributed by atoms with E-state index in [1.807, 2.05) is 24.3 Å². The van der Waals surface area contributed by atoms with Gasteiger partial charge in [-0.3, -0.25) is 14.9 Å². The molecule has 1 N–H and O–H groups in total. The molecule has 4 rings (SSSR count). The molecule has 154 valence electrons. The Morgan fingerprint density at radius 3 is 2.77 bits per heavy atom. The van der Waals surface area contributed by atoms with Crippen LogP contribution in [0.1, 0.15) is 19.8 Å². The van der Waals surface area contributed by atoms with Crippen molar-refractivity contribution in [2.45, 2.75) is 19.8 Å². The van der Waals surface area contributed by atoms with Crippen LogP contribution in [0.4, 0.5) is 22.0 Å². The van der Waals surface area contributed by atoms with E-state index in [4.69, 9.17) is 16.6 Å². The number of nitrogens with one attached hydrogen (secondary N) is 1. The fourth-order valence-electron chi connectivity index (χ4n) is 3.55. The fraction of sp³-hybridized carbons (Fsp3) is 0.273. The summed E-state index contributed by atoms with van der Waals surface area (Å²) in [6, 6.07) is 9.18. The van der Waals surface area contributed by atoms with E-state index < -0.39 is 0 Å². The highest BCUT2D eigenvalue weighted by Crippen LogP contribution is 2.33. The van der Waals surface area contributed by atoms with Crippen LogP contribution >= 0.6 is 11.6 Å². The molecule has 0 saturated heterocycles. The highest BCUT2D eigenvalue weighted by atomic mass is 35.5. The molecule has 0 spiro atoms. The van der Waals surface area contributed by atoms with Crippen LogP contribution in [0.15, 0.2) is 55.1 Å². The quantitative estimate of drug-likeness (QED) is 0.653. The average Bonchev–Trinajstić information content (AvgIpc) is 2.75. The smallest absolute Gasteiger partial charge is 0.327 e. The second kappa shape index (κ2) is 9.09. The largest absolute Gasteiger partial charge is 0.369 e. The van der Waals surface area contributed by atoms with Crippen LogP contribution in [0.3, 0.4) is 0 Å². The normalized spacial score (nSPS) is 13.9. The van der Waals surface area contributed by atoms with Gasteiger partial charge in [-0.1, -0.05) is 11.6 Å². The molecule has 2 amide bonds. The van der Waals surface area contributed by atoms with Crippen LogP contribution in [0.25, 0.3) is 11.3 Å². The number of fused-ring (bicyclic) bond motifs is 1. The summed E-state index contributed by atoms with van der Waals surface area (Å²) in [6.45, 7) is 4.47. The Morgan fingerprint density at radius 1 is 1.13 bits per heavy atom. The maximum Gasteiger partial charge on any atom is 0.327 e. The van der Waals surface area contributed by atoms with Gasteiger partial charge < -0.3 is 10.2 Å². The number of carbonyl (C=O) groups is 1. The Labute approximate surface area is 180 Å². The van der Waals surface area contributed by atoms with E-state index in [1.54, 1.807) is 35.8 Å². The summed E-state index contributed by atoms with van der Waals surface area (Å²) in [7, 11) is 0. The third-order valence-corrected chi connectivity index (χ3v) is 5.26. The summed E-state index contributed by atoms with van der Waals surface area (Å²) in [5.74, 6) is 0.635. The number of carbonyl (C=O) groups excluding carboxylic acids is 1. The van der Waals surface area contributed by atoms with E-state index in [-0.39, 0.29) is 6.03 Å². The molecule has 7 nitrogen and oxygen atoms in total. The van der Waals surface area contributed by atoms with Crippen LogP contribution in [-0.4, -0.2) is 40.6 Å². The SMILES string of the molecule is CCN1CCCCN(C(=O)Nc2cccnc2)c2nc(-c3cncc(Cl)c3)ccc21. The van der Waals surface area contributed by atoms with Gasteiger partial charge in [0.15, 0.2) is 5.82 Å². The number of rotatable bonds is 3. The lowest BCUT2D eigenvalue weighted by Gasteiger charge is -2.33. The highest BCUT2D eigenvalue weighted by molar-refractivity contribution is 6.30. The third kappa shape index (κ3) is 4.36. The van der Waals surface area contributed by atoms with E-state index >= 15 is 0 Å². The van der Waals surface area contributed by atoms with Gasteiger partial charge in [-0.15, -0.1) is 0 Å². The molecule has 0 radical (unpaired) electrons. The van der Waals surface area contributed by atoms with E-state index in [1.165, 1.54) is 0 Å². The van der Waals surface area contributed by atoms with E-state index in [0.29, 0.717) is 23.1 Å². The van der Waals surface area contributed by atoms with E-state index in [2.05, 4.69) is 27.1 Å². The van der Waals surface area contributed by atoms with Crippen molar-refractivity contribution in [3.8, 4) is 11.3 Å². The van der Waals surface area contributed by atoms with Crippen molar-refractivity contribution in [3.05, 3.63) is 60.1 Å². The van der Waals surface area contributed by atoms with E-state index in [9.17, 15) is 4.79 Å². The molecule has 8 heteroatoms. The molecule has 0 unspecified atom stereocenters. The lowest BCUT2D eigenvalue weighted by molar-refractivity contribution is 0.256. The van der Waals surface area contributed by atoms with Gasteiger partial charge in [-0.25, -0.2) is 9.78 Å². The number of nitrogens with zero attached hydrogens (tertiary/aromatic N) is 5. The van der Waals surface area contributed by atoms with Crippen molar-refractivity contribution in [3.63, 3.8) is 0 Å². The maximum atomic E-state index is 13.2. The van der Waals surface area contributed by atoms with Gasteiger partial charge in [0.2, 0.25) is 0 Å². The molecular formula is C22H23ClN6O. The predicted octanol–water partition coefficient (Wildman–Crippen LogP) is 4.85. The average molecular weight is 423 g/mol. The van der Waals surface area contributed by atoms with Gasteiger partial charge in [0.05, 0.1) is 28.3 Å². The van der Waals surface area contributed by atoms with Gasteiger partial charge in [-0.2, -0.15) is 0 Å². The minimum atomic E-state index is -0.226. The first kappa shape index (κ1) is 20.1. The molecule has 4 heterocycles. The fourth-order valence-corrected chi connectivity index (χ4v) is 3.73. The molecule has 0 fully saturated rings. The number of amides is 2. The molecule has 0 aliphatic carbocycles. The van der Waals surface area contributed by atoms with Gasteiger partial charge in [0, 0.05) is 43.8 Å². The molecular weight excluding hydrogens is 400 g/mol. The molecule has 3 aromatic heterocycles. The Morgan fingerprint density at radius 2 is 2.00 bits per heavy atom. The Hall–Kier alpha value is -3.19. The molecule has 0 saturated carbocycles. The first-order valence-electron chi connectivity index (χ1n) is 10.0. The summed E-state index contributed by atoms with van der Waals surface area (Å²) >= 11 is 6.12. The Bertz CT molecular complexity index is 1030. The zero-order chi connectivity index (χ0) is 20.9. The minimum absolute atomic E-state index is 0.226. The molecule has 3 aromatic rings. The third-order valence-electron chi connectivity index (χ3n) is 5.05. The first-order valence-corrected chi connectivity index (χ1v) is 10.4. The number of aromatic nitrogens is 3. The van der Waals surface area contributed by atoms with Crippen LogP contribution in [0.2, 0.25) is 5.02 Å². The maximum absolute atomic E-state index is 13.2. The van der Waals surface area contributed by atoms with Crippen molar-refractivity contribution in [1.82, 2.24) is 15.0 Å². The number of pyridine rings is 3. The highest BCUT2D eigenvalue weighted by Gasteiger charge is 2.25. The lowest BCUT2D eigenvalue weighted by Crippen LogP contribution is -2.40. The first-order chi connectivity index (χ1) is 14.7. The summed E-state index contributed by atoms with van der Waals surface area (Å²) < 4.78 is 0. The topological polar surface area (TPSA) is 74.2 Å².